The zero-order valence-electron chi connectivity index (χ0n) is 12.9. The van der Waals surface area contributed by atoms with E-state index in [1.54, 1.807) is 0 Å². The Morgan fingerprint density at radius 3 is 2.40 bits per heavy atom. The molecule has 4 N–H and O–H groups in total. The second kappa shape index (κ2) is 7.43. The molecule has 1 aliphatic rings. The quantitative estimate of drug-likeness (QED) is 0.646. The van der Waals surface area contributed by atoms with Crippen LogP contribution in [0.1, 0.15) is 24.3 Å². The fourth-order valence-corrected chi connectivity index (χ4v) is 3.00. The molecule has 1 fully saturated rings. The van der Waals surface area contributed by atoms with Crippen molar-refractivity contribution < 1.29 is 38.5 Å². The fraction of sp³-hybridized carbons (Fsp3) is 0.400. The standard InChI is InChI=1S/C15H16F2N2O6/c16-9-3-1-2-8(12(9)17)7-4-5-11(13(21)18-10(7)6-20)19(14(22)23)15(24)25/h1-3,7,10-11,20H,4-6H2,(H,18,21)(H,22,23)(H,24,25)/t7-,10?,11+/m0/s1. The first-order valence-corrected chi connectivity index (χ1v) is 7.38. The van der Waals surface area contributed by atoms with Gasteiger partial charge in [-0.2, -0.15) is 4.90 Å². The molecule has 1 aromatic rings. The number of carbonyl (C=O) groups excluding carboxylic acids is 1. The first-order chi connectivity index (χ1) is 11.8. The molecule has 2 rings (SSSR count). The maximum absolute atomic E-state index is 14.1. The van der Waals surface area contributed by atoms with Gasteiger partial charge in [0.05, 0.1) is 12.6 Å². The van der Waals surface area contributed by atoms with Crippen LogP contribution in [-0.4, -0.2) is 57.0 Å². The van der Waals surface area contributed by atoms with Gasteiger partial charge in [-0.05, 0) is 24.5 Å². The van der Waals surface area contributed by atoms with Crippen LogP contribution in [-0.2, 0) is 4.79 Å². The van der Waals surface area contributed by atoms with Gasteiger partial charge in [-0.15, -0.1) is 0 Å². The van der Waals surface area contributed by atoms with Crippen molar-refractivity contribution in [3.63, 3.8) is 0 Å². The second-order valence-corrected chi connectivity index (χ2v) is 5.58. The predicted molar refractivity (Wildman–Crippen MR) is 79.0 cm³/mol. The van der Waals surface area contributed by atoms with Crippen LogP contribution in [0.2, 0.25) is 0 Å². The van der Waals surface area contributed by atoms with E-state index in [1.807, 2.05) is 0 Å². The molecule has 0 aliphatic carbocycles. The lowest BCUT2D eigenvalue weighted by molar-refractivity contribution is -0.126. The maximum Gasteiger partial charge on any atom is 0.417 e. The molecule has 1 saturated heterocycles. The lowest BCUT2D eigenvalue weighted by atomic mass is 9.87. The van der Waals surface area contributed by atoms with Crippen LogP contribution in [0.5, 0.6) is 0 Å². The van der Waals surface area contributed by atoms with Crippen molar-refractivity contribution in [2.45, 2.75) is 30.8 Å². The van der Waals surface area contributed by atoms with Crippen molar-refractivity contribution in [2.75, 3.05) is 6.61 Å². The van der Waals surface area contributed by atoms with Crippen molar-refractivity contribution in [3.8, 4) is 0 Å². The van der Waals surface area contributed by atoms with Crippen molar-refractivity contribution in [2.24, 2.45) is 0 Å². The van der Waals surface area contributed by atoms with E-state index < -0.39 is 54.3 Å². The number of hydrogen-bond acceptors (Lipinski definition) is 4. The number of aliphatic hydroxyl groups is 1. The summed E-state index contributed by atoms with van der Waals surface area (Å²) in [6.45, 7) is -0.612. The van der Waals surface area contributed by atoms with Crippen LogP contribution >= 0.6 is 0 Å². The van der Waals surface area contributed by atoms with E-state index in [1.165, 1.54) is 12.1 Å². The number of halogens is 2. The van der Waals surface area contributed by atoms with Gasteiger partial charge in [-0.25, -0.2) is 18.4 Å². The van der Waals surface area contributed by atoms with Gasteiger partial charge in [0.2, 0.25) is 5.91 Å². The molecular weight excluding hydrogens is 342 g/mol. The maximum atomic E-state index is 14.1. The summed E-state index contributed by atoms with van der Waals surface area (Å²) in [5.41, 5.74) is -0.0859. The van der Waals surface area contributed by atoms with E-state index in [-0.39, 0.29) is 23.3 Å². The molecule has 136 valence electrons. The van der Waals surface area contributed by atoms with Gasteiger partial charge in [0.15, 0.2) is 11.6 Å². The Kier molecular flexibility index (Phi) is 5.52. The lowest BCUT2D eigenvalue weighted by Gasteiger charge is -2.24. The Morgan fingerprint density at radius 1 is 1.20 bits per heavy atom. The molecule has 0 bridgehead atoms. The summed E-state index contributed by atoms with van der Waals surface area (Å²) in [6.07, 6.45) is -3.93. The van der Waals surface area contributed by atoms with E-state index in [2.05, 4.69) is 5.32 Å². The number of carboxylic acid groups (broad SMARTS) is 2. The molecule has 0 spiro atoms. The Morgan fingerprint density at radius 2 is 1.84 bits per heavy atom. The van der Waals surface area contributed by atoms with Gasteiger partial charge in [0.1, 0.15) is 6.04 Å². The molecule has 0 aromatic heterocycles. The highest BCUT2D eigenvalue weighted by Crippen LogP contribution is 2.32. The van der Waals surface area contributed by atoms with E-state index in [4.69, 9.17) is 10.2 Å². The van der Waals surface area contributed by atoms with Crippen LogP contribution < -0.4 is 5.32 Å². The third-order valence-electron chi connectivity index (χ3n) is 4.17. The van der Waals surface area contributed by atoms with Gasteiger partial charge in [-0.1, -0.05) is 12.1 Å². The Balaban J connectivity index is 2.37. The van der Waals surface area contributed by atoms with Crippen LogP contribution in [0.3, 0.4) is 0 Å². The summed E-state index contributed by atoms with van der Waals surface area (Å²) in [7, 11) is 0. The highest BCUT2D eigenvalue weighted by atomic mass is 19.2. The number of carbonyl (C=O) groups is 3. The van der Waals surface area contributed by atoms with Crippen LogP contribution in [0, 0.1) is 11.6 Å². The number of imide groups is 1. The van der Waals surface area contributed by atoms with Crippen molar-refractivity contribution >= 4 is 18.1 Å². The Bertz CT molecular complexity index is 685. The zero-order valence-corrected chi connectivity index (χ0v) is 12.9. The molecule has 1 heterocycles. The van der Waals surface area contributed by atoms with Crippen molar-refractivity contribution in [1.82, 2.24) is 10.2 Å². The van der Waals surface area contributed by atoms with E-state index in [0.717, 1.165) is 6.07 Å². The van der Waals surface area contributed by atoms with Crippen molar-refractivity contribution in [1.29, 1.82) is 0 Å². The largest absolute Gasteiger partial charge is 0.464 e. The average molecular weight is 358 g/mol. The highest BCUT2D eigenvalue weighted by molar-refractivity contribution is 5.94. The zero-order chi connectivity index (χ0) is 18.7. The molecular formula is C15H16F2N2O6. The summed E-state index contributed by atoms with van der Waals surface area (Å²) in [4.78, 5) is 34.4. The summed E-state index contributed by atoms with van der Waals surface area (Å²) >= 11 is 0. The Hall–Kier alpha value is -2.75. The highest BCUT2D eigenvalue weighted by Gasteiger charge is 2.40. The SMILES string of the molecule is O=C1NC(CO)[C@H](c2cccc(F)c2F)CC[C@H]1N(C(=O)O)C(=O)O. The first kappa shape index (κ1) is 18.6. The minimum absolute atomic E-state index is 0.0356. The lowest BCUT2D eigenvalue weighted by Crippen LogP contribution is -2.52. The van der Waals surface area contributed by atoms with Gasteiger partial charge < -0.3 is 20.6 Å². The summed E-state index contributed by atoms with van der Waals surface area (Å²) in [5.74, 6) is -4.01. The van der Waals surface area contributed by atoms with E-state index in [9.17, 15) is 28.3 Å². The third kappa shape index (κ3) is 3.68. The number of benzene rings is 1. The molecule has 1 unspecified atom stereocenters. The van der Waals surface area contributed by atoms with Gasteiger partial charge in [-0.3, -0.25) is 4.79 Å². The van der Waals surface area contributed by atoms with Gasteiger partial charge >= 0.3 is 12.2 Å². The van der Waals surface area contributed by atoms with Crippen LogP contribution in [0.25, 0.3) is 0 Å². The molecule has 1 aromatic carbocycles. The Labute approximate surface area is 140 Å². The number of rotatable bonds is 3. The average Bonchev–Trinajstić information content (AvgIpc) is 2.69. The number of nitrogens with zero attached hydrogens (tertiary/aromatic N) is 1. The number of amides is 3. The number of hydrogen-bond donors (Lipinski definition) is 4. The normalized spacial score (nSPS) is 23.5. The number of nitrogens with one attached hydrogen (secondary N) is 1. The molecule has 0 radical (unpaired) electrons. The fourth-order valence-electron chi connectivity index (χ4n) is 3.00. The smallest absolute Gasteiger partial charge is 0.417 e. The minimum Gasteiger partial charge on any atom is -0.464 e. The molecule has 3 amide bonds. The summed E-state index contributed by atoms with van der Waals surface area (Å²) in [5, 5.41) is 29.8. The van der Waals surface area contributed by atoms with Crippen LogP contribution in [0.15, 0.2) is 18.2 Å². The predicted octanol–water partition coefficient (Wildman–Crippen LogP) is 1.35. The number of aliphatic hydroxyl groups excluding tert-OH is 1. The second-order valence-electron chi connectivity index (χ2n) is 5.58. The summed E-state index contributed by atoms with van der Waals surface area (Å²) in [6, 6.07) is 0.919. The van der Waals surface area contributed by atoms with Gasteiger partial charge in [0, 0.05) is 5.92 Å². The van der Waals surface area contributed by atoms with Crippen molar-refractivity contribution in [3.05, 3.63) is 35.4 Å². The third-order valence-corrected chi connectivity index (χ3v) is 4.17. The summed E-state index contributed by atoms with van der Waals surface area (Å²) < 4.78 is 27.5. The molecule has 0 saturated carbocycles. The molecule has 25 heavy (non-hydrogen) atoms. The minimum atomic E-state index is -1.83. The molecule has 10 heteroatoms. The van der Waals surface area contributed by atoms with E-state index in [0.29, 0.717) is 0 Å². The molecule has 8 nitrogen and oxygen atoms in total. The monoisotopic (exact) mass is 358 g/mol. The first-order valence-electron chi connectivity index (χ1n) is 7.38. The van der Waals surface area contributed by atoms with Crippen LogP contribution in [0.4, 0.5) is 18.4 Å². The van der Waals surface area contributed by atoms with Gasteiger partial charge in [0.25, 0.3) is 0 Å². The molecule has 1 aliphatic heterocycles. The topological polar surface area (TPSA) is 127 Å². The molecule has 3 atom stereocenters. The van der Waals surface area contributed by atoms with E-state index >= 15 is 0 Å².